The van der Waals surface area contributed by atoms with Crippen LogP contribution >= 0.6 is 11.8 Å². The summed E-state index contributed by atoms with van der Waals surface area (Å²) < 4.78 is 11.7. The predicted molar refractivity (Wildman–Crippen MR) is 77.2 cm³/mol. The van der Waals surface area contributed by atoms with Gasteiger partial charge in [-0.15, -0.1) is 0 Å². The molecule has 1 aromatic rings. The average molecular weight is 306 g/mol. The largest absolute Gasteiger partial charge is 0.468 e. The summed E-state index contributed by atoms with van der Waals surface area (Å²) in [5.74, 6) is -0.524. The second-order valence-electron chi connectivity index (χ2n) is 4.88. The van der Waals surface area contributed by atoms with E-state index in [1.54, 1.807) is 0 Å². The molecule has 1 unspecified atom stereocenters. The molecule has 3 heterocycles. The number of fused-ring (bicyclic) bond motifs is 3. The lowest BCUT2D eigenvalue weighted by atomic mass is 9.94. The molecule has 0 saturated carbocycles. The highest BCUT2D eigenvalue weighted by molar-refractivity contribution is 8.03. The molecule has 110 valence electrons. The van der Waals surface area contributed by atoms with Crippen molar-refractivity contribution in [2.75, 3.05) is 12.9 Å². The number of hydrogen-bond acceptors (Lipinski definition) is 6. The molecule has 2 aliphatic heterocycles. The number of thioether (sulfide) groups is 1. The zero-order valence-corrected chi connectivity index (χ0v) is 12.5. The van der Waals surface area contributed by atoms with Gasteiger partial charge in [0, 0.05) is 17.3 Å². The van der Waals surface area contributed by atoms with E-state index in [9.17, 15) is 9.59 Å². The van der Waals surface area contributed by atoms with Gasteiger partial charge in [-0.2, -0.15) is 0 Å². The van der Waals surface area contributed by atoms with Crippen molar-refractivity contribution in [2.45, 2.75) is 19.3 Å². The maximum atomic E-state index is 11.8. The van der Waals surface area contributed by atoms with Crippen molar-refractivity contribution < 1.29 is 19.1 Å². The van der Waals surface area contributed by atoms with E-state index < -0.39 is 5.97 Å². The summed E-state index contributed by atoms with van der Waals surface area (Å²) in [6.07, 6.45) is 0.226. The number of methoxy groups -OCH3 is 1. The third-order valence-electron chi connectivity index (χ3n) is 3.64. The summed E-state index contributed by atoms with van der Waals surface area (Å²) in [5.41, 5.74) is 2.56. The molecule has 0 aromatic carbocycles. The fraction of sp³-hybridized carbons (Fsp3) is 0.357. The lowest BCUT2D eigenvalue weighted by Gasteiger charge is -2.21. The summed E-state index contributed by atoms with van der Waals surface area (Å²) >= 11 is 1.10. The molecule has 0 bridgehead atoms. The van der Waals surface area contributed by atoms with Crippen LogP contribution in [-0.2, 0) is 19.1 Å². The third-order valence-corrected chi connectivity index (χ3v) is 4.58. The van der Waals surface area contributed by atoms with Crippen LogP contribution in [0, 0.1) is 12.3 Å². The van der Waals surface area contributed by atoms with Gasteiger partial charge < -0.3 is 14.0 Å². The minimum atomic E-state index is -0.397. The quantitative estimate of drug-likeness (QED) is 0.861. The van der Waals surface area contributed by atoms with E-state index in [1.807, 2.05) is 23.6 Å². The van der Waals surface area contributed by atoms with Crippen molar-refractivity contribution in [1.29, 1.82) is 5.41 Å². The maximum absolute atomic E-state index is 11.8. The first-order chi connectivity index (χ1) is 10.0. The number of aromatic nitrogens is 1. The molecule has 0 fully saturated rings. The maximum Gasteiger partial charge on any atom is 0.316 e. The van der Waals surface area contributed by atoms with Crippen LogP contribution in [0.15, 0.2) is 22.8 Å². The first-order valence-electron chi connectivity index (χ1n) is 6.45. The molecule has 1 atom stereocenters. The molecule has 0 aliphatic carbocycles. The van der Waals surface area contributed by atoms with Gasteiger partial charge >= 0.3 is 11.9 Å². The molecule has 2 aliphatic rings. The summed E-state index contributed by atoms with van der Waals surface area (Å²) in [4.78, 5) is 23.1. The van der Waals surface area contributed by atoms with Crippen molar-refractivity contribution in [1.82, 2.24) is 4.57 Å². The predicted octanol–water partition coefficient (Wildman–Crippen LogP) is 1.78. The van der Waals surface area contributed by atoms with Gasteiger partial charge in [-0.05, 0) is 19.1 Å². The number of carbonyl (C=O) groups is 2. The summed E-state index contributed by atoms with van der Waals surface area (Å²) in [5, 5.41) is 8.67. The Balaban J connectivity index is 1.99. The molecule has 6 nitrogen and oxygen atoms in total. The molecule has 0 amide bonds. The molecule has 7 heteroatoms. The van der Waals surface area contributed by atoms with Crippen molar-refractivity contribution in [3.8, 4) is 0 Å². The minimum Gasteiger partial charge on any atom is -0.468 e. The van der Waals surface area contributed by atoms with Gasteiger partial charge in [0.2, 0.25) is 0 Å². The lowest BCUT2D eigenvalue weighted by molar-refractivity contribution is -0.140. The molecule has 21 heavy (non-hydrogen) atoms. The van der Waals surface area contributed by atoms with Gasteiger partial charge in [-0.3, -0.25) is 15.0 Å². The van der Waals surface area contributed by atoms with Gasteiger partial charge in [0.1, 0.15) is 5.84 Å². The summed E-state index contributed by atoms with van der Waals surface area (Å²) in [6, 6.07) is 3.87. The lowest BCUT2D eigenvalue weighted by Crippen LogP contribution is -2.20. The first-order valence-corrected chi connectivity index (χ1v) is 7.43. The molecular weight excluding hydrogens is 292 g/mol. The fourth-order valence-corrected chi connectivity index (χ4v) is 3.59. The van der Waals surface area contributed by atoms with E-state index in [-0.39, 0.29) is 24.1 Å². The second kappa shape index (κ2) is 5.07. The fourth-order valence-electron chi connectivity index (χ4n) is 2.67. The first kappa shape index (κ1) is 13.9. The molecule has 3 rings (SSSR count). The molecule has 1 N–H and O–H groups in total. The second-order valence-corrected chi connectivity index (χ2v) is 5.83. The van der Waals surface area contributed by atoms with Crippen LogP contribution in [0.5, 0.6) is 0 Å². The summed E-state index contributed by atoms with van der Waals surface area (Å²) in [6.45, 7) is 1.92. The van der Waals surface area contributed by atoms with Crippen LogP contribution < -0.4 is 0 Å². The van der Waals surface area contributed by atoms with Gasteiger partial charge in [0.05, 0.1) is 24.9 Å². The Morgan fingerprint density at radius 2 is 2.33 bits per heavy atom. The Morgan fingerprint density at radius 3 is 3.05 bits per heavy atom. The molecule has 0 spiro atoms. The van der Waals surface area contributed by atoms with Gasteiger partial charge in [0.15, 0.2) is 5.09 Å². The number of esters is 2. The van der Waals surface area contributed by atoms with E-state index in [2.05, 4.69) is 4.74 Å². The molecule has 1 aromatic heterocycles. The molecule has 0 saturated heterocycles. The Hall–Kier alpha value is -2.02. The van der Waals surface area contributed by atoms with Gasteiger partial charge in [-0.25, -0.2) is 0 Å². The zero-order valence-electron chi connectivity index (χ0n) is 11.6. The van der Waals surface area contributed by atoms with Crippen LogP contribution in [0.25, 0.3) is 0 Å². The Morgan fingerprint density at radius 1 is 1.57 bits per heavy atom. The topological polar surface area (TPSA) is 81.4 Å². The third kappa shape index (κ3) is 2.17. The SMILES string of the molecule is COC(=O)CSC1=C2C(=N)n3c(C)ccc3C2CC(=O)O1. The highest BCUT2D eigenvalue weighted by Crippen LogP contribution is 2.44. The van der Waals surface area contributed by atoms with E-state index >= 15 is 0 Å². The van der Waals surface area contributed by atoms with Gasteiger partial charge in [-0.1, -0.05) is 11.8 Å². The van der Waals surface area contributed by atoms with Gasteiger partial charge in [0.25, 0.3) is 0 Å². The van der Waals surface area contributed by atoms with Crippen LogP contribution in [0.2, 0.25) is 0 Å². The van der Waals surface area contributed by atoms with Crippen molar-refractivity contribution in [2.24, 2.45) is 0 Å². The number of ether oxygens (including phenoxy) is 2. The monoisotopic (exact) mass is 306 g/mol. The normalized spacial score (nSPS) is 20.2. The van der Waals surface area contributed by atoms with E-state index in [0.29, 0.717) is 16.5 Å². The minimum absolute atomic E-state index is 0.0521. The highest BCUT2D eigenvalue weighted by Gasteiger charge is 2.41. The Kier molecular flexibility index (Phi) is 3.36. The van der Waals surface area contributed by atoms with Crippen LogP contribution in [0.4, 0.5) is 0 Å². The van der Waals surface area contributed by atoms with Crippen molar-refractivity contribution in [3.05, 3.63) is 34.2 Å². The van der Waals surface area contributed by atoms with E-state index in [1.165, 1.54) is 7.11 Å². The van der Waals surface area contributed by atoms with Crippen LogP contribution in [-0.4, -0.2) is 35.2 Å². The van der Waals surface area contributed by atoms with Crippen molar-refractivity contribution >= 4 is 29.5 Å². The highest BCUT2D eigenvalue weighted by atomic mass is 32.2. The van der Waals surface area contributed by atoms with E-state index in [4.69, 9.17) is 10.1 Å². The van der Waals surface area contributed by atoms with Crippen LogP contribution in [0.3, 0.4) is 0 Å². The summed E-state index contributed by atoms with van der Waals surface area (Å²) in [7, 11) is 1.31. The van der Waals surface area contributed by atoms with E-state index in [0.717, 1.165) is 23.1 Å². The standard InChI is InChI=1S/C14H14N2O4S/c1-7-3-4-9-8-5-10(17)20-14(21-6-11(18)19-2)12(8)13(15)16(7)9/h3-4,8,15H,5-6H2,1-2H3. The number of nitrogens with zero attached hydrogens (tertiary/aromatic N) is 1. The molecule has 0 radical (unpaired) electrons. The number of nitrogens with one attached hydrogen (secondary N) is 1. The number of cyclic esters (lactones) is 1. The number of carbonyl (C=O) groups excluding carboxylic acids is 2. The van der Waals surface area contributed by atoms with Crippen LogP contribution in [0.1, 0.15) is 23.7 Å². The Bertz CT molecular complexity index is 689. The average Bonchev–Trinajstić information content (AvgIpc) is 2.96. The smallest absolute Gasteiger partial charge is 0.316 e. The molecular formula is C14H14N2O4S. The Labute approximate surface area is 125 Å². The van der Waals surface area contributed by atoms with Crippen molar-refractivity contribution in [3.63, 3.8) is 0 Å². The number of allylic oxidation sites excluding steroid dienone is 1. The zero-order chi connectivity index (χ0) is 15.1. The number of aryl methyl sites for hydroxylation is 1. The number of rotatable bonds is 3. The number of hydrogen-bond donors (Lipinski definition) is 1.